The standard InChI is InChI=1S/C21H24N4O3/c26-19-6-5-15(11-17(19)25-21(28)18-12-22-7-8-23-18)20(27)24-16-9-13-3-1-2-4-14(13)10-16/h1-4,7-8,12,15-17,19,26H,5-6,9-11H2,(H,24,27)(H,25,28)/t15-,17+,19+/m0/s1. The highest BCUT2D eigenvalue weighted by Crippen LogP contribution is 2.27. The molecule has 2 aliphatic rings. The number of rotatable bonds is 4. The van der Waals surface area contributed by atoms with Crippen LogP contribution in [-0.4, -0.2) is 45.1 Å². The highest BCUT2D eigenvalue weighted by atomic mass is 16.3. The minimum atomic E-state index is -0.666. The molecule has 1 heterocycles. The molecule has 4 rings (SSSR count). The third-order valence-corrected chi connectivity index (χ3v) is 5.69. The molecule has 2 aliphatic carbocycles. The summed E-state index contributed by atoms with van der Waals surface area (Å²) in [5, 5.41) is 16.3. The third-order valence-electron chi connectivity index (χ3n) is 5.69. The van der Waals surface area contributed by atoms with Crippen LogP contribution in [0.2, 0.25) is 0 Å². The summed E-state index contributed by atoms with van der Waals surface area (Å²) in [6.07, 6.45) is 6.87. The Morgan fingerprint density at radius 3 is 2.46 bits per heavy atom. The molecule has 7 nitrogen and oxygen atoms in total. The lowest BCUT2D eigenvalue weighted by molar-refractivity contribution is -0.127. The van der Waals surface area contributed by atoms with Crippen LogP contribution in [0.4, 0.5) is 0 Å². The van der Waals surface area contributed by atoms with Gasteiger partial charge in [-0.15, -0.1) is 0 Å². The van der Waals surface area contributed by atoms with E-state index in [0.717, 1.165) is 12.8 Å². The molecular weight excluding hydrogens is 356 g/mol. The highest BCUT2D eigenvalue weighted by Gasteiger charge is 2.35. The van der Waals surface area contributed by atoms with Crippen LogP contribution in [0.1, 0.15) is 40.9 Å². The largest absolute Gasteiger partial charge is 0.391 e. The van der Waals surface area contributed by atoms with Crippen molar-refractivity contribution in [2.75, 3.05) is 0 Å². The number of nitrogens with one attached hydrogen (secondary N) is 2. The average molecular weight is 380 g/mol. The number of carbonyl (C=O) groups excluding carboxylic acids is 2. The minimum Gasteiger partial charge on any atom is -0.391 e. The zero-order chi connectivity index (χ0) is 19.5. The number of aliphatic hydroxyl groups is 1. The number of hydrogen-bond acceptors (Lipinski definition) is 5. The average Bonchev–Trinajstić information content (AvgIpc) is 3.12. The molecule has 0 radical (unpaired) electrons. The summed E-state index contributed by atoms with van der Waals surface area (Å²) in [4.78, 5) is 33.0. The van der Waals surface area contributed by atoms with Crippen molar-refractivity contribution in [3.8, 4) is 0 Å². The fourth-order valence-electron chi connectivity index (χ4n) is 4.19. The summed E-state index contributed by atoms with van der Waals surface area (Å²) >= 11 is 0. The molecule has 0 bridgehead atoms. The van der Waals surface area contributed by atoms with Crippen molar-refractivity contribution in [2.45, 2.75) is 50.3 Å². The van der Waals surface area contributed by atoms with Crippen LogP contribution in [0.15, 0.2) is 42.9 Å². The topological polar surface area (TPSA) is 104 Å². The predicted octanol–water partition coefficient (Wildman–Crippen LogP) is 1.02. The molecule has 3 N–H and O–H groups in total. The summed E-state index contributed by atoms with van der Waals surface area (Å²) in [6, 6.07) is 7.91. The zero-order valence-electron chi connectivity index (χ0n) is 15.5. The summed E-state index contributed by atoms with van der Waals surface area (Å²) in [7, 11) is 0. The van der Waals surface area contributed by atoms with Gasteiger partial charge < -0.3 is 15.7 Å². The van der Waals surface area contributed by atoms with Crippen molar-refractivity contribution in [1.82, 2.24) is 20.6 Å². The summed E-state index contributed by atoms with van der Waals surface area (Å²) in [6.45, 7) is 0. The SMILES string of the molecule is O=C(N[C@@H]1C[C@@H](C(=O)NC2Cc3ccccc3C2)CC[C@H]1O)c1cnccn1. The van der Waals surface area contributed by atoms with E-state index < -0.39 is 12.1 Å². The molecule has 2 amide bonds. The van der Waals surface area contributed by atoms with E-state index >= 15 is 0 Å². The quantitative estimate of drug-likeness (QED) is 0.735. The van der Waals surface area contributed by atoms with Gasteiger partial charge in [0, 0.05) is 24.4 Å². The minimum absolute atomic E-state index is 0.00320. The first-order chi connectivity index (χ1) is 13.6. The fourth-order valence-corrected chi connectivity index (χ4v) is 4.19. The molecule has 28 heavy (non-hydrogen) atoms. The first kappa shape index (κ1) is 18.6. The van der Waals surface area contributed by atoms with Crippen molar-refractivity contribution in [3.05, 3.63) is 59.7 Å². The van der Waals surface area contributed by atoms with E-state index in [1.165, 1.54) is 29.7 Å². The van der Waals surface area contributed by atoms with Crippen molar-refractivity contribution in [1.29, 1.82) is 0 Å². The van der Waals surface area contributed by atoms with Gasteiger partial charge in [-0.2, -0.15) is 0 Å². The highest BCUT2D eigenvalue weighted by molar-refractivity contribution is 5.92. The molecule has 1 fully saturated rings. The van der Waals surface area contributed by atoms with Gasteiger partial charge in [0.05, 0.1) is 18.3 Å². The lowest BCUT2D eigenvalue weighted by Gasteiger charge is -2.33. The van der Waals surface area contributed by atoms with Gasteiger partial charge in [-0.3, -0.25) is 14.6 Å². The Balaban J connectivity index is 1.34. The molecule has 3 atom stereocenters. The van der Waals surface area contributed by atoms with Crippen molar-refractivity contribution in [3.63, 3.8) is 0 Å². The normalized spacial score (nSPS) is 24.4. The summed E-state index contributed by atoms with van der Waals surface area (Å²) in [5.41, 5.74) is 2.78. The second kappa shape index (κ2) is 8.06. The van der Waals surface area contributed by atoms with Gasteiger partial charge in [0.1, 0.15) is 5.69 Å². The molecule has 0 saturated heterocycles. The van der Waals surface area contributed by atoms with Crippen LogP contribution < -0.4 is 10.6 Å². The monoisotopic (exact) mass is 380 g/mol. The Morgan fingerprint density at radius 2 is 1.79 bits per heavy atom. The summed E-state index contributed by atoms with van der Waals surface area (Å²) in [5.74, 6) is -0.604. The lowest BCUT2D eigenvalue weighted by atomic mass is 9.83. The Bertz CT molecular complexity index is 833. The van der Waals surface area contributed by atoms with E-state index in [-0.39, 0.29) is 29.5 Å². The molecule has 7 heteroatoms. The van der Waals surface area contributed by atoms with Crippen LogP contribution in [0.25, 0.3) is 0 Å². The molecular formula is C21H24N4O3. The first-order valence-corrected chi connectivity index (χ1v) is 9.72. The number of fused-ring (bicyclic) bond motifs is 1. The number of aliphatic hydroxyl groups excluding tert-OH is 1. The second-order valence-electron chi connectivity index (χ2n) is 7.63. The van der Waals surface area contributed by atoms with Crippen LogP contribution in [0.3, 0.4) is 0 Å². The van der Waals surface area contributed by atoms with Gasteiger partial charge in [0.15, 0.2) is 0 Å². The van der Waals surface area contributed by atoms with Gasteiger partial charge in [-0.1, -0.05) is 24.3 Å². The first-order valence-electron chi connectivity index (χ1n) is 9.72. The Morgan fingerprint density at radius 1 is 1.04 bits per heavy atom. The molecule has 1 aromatic carbocycles. The van der Waals surface area contributed by atoms with E-state index in [1.807, 2.05) is 12.1 Å². The number of aromatic nitrogens is 2. The van der Waals surface area contributed by atoms with E-state index in [0.29, 0.717) is 19.3 Å². The van der Waals surface area contributed by atoms with Gasteiger partial charge in [-0.05, 0) is 43.2 Å². The Kier molecular flexibility index (Phi) is 5.34. The summed E-state index contributed by atoms with van der Waals surface area (Å²) < 4.78 is 0. The number of nitrogens with zero attached hydrogens (tertiary/aromatic N) is 2. The van der Waals surface area contributed by atoms with E-state index in [2.05, 4.69) is 32.7 Å². The molecule has 0 aliphatic heterocycles. The van der Waals surface area contributed by atoms with Crippen molar-refractivity contribution in [2.24, 2.45) is 5.92 Å². The van der Waals surface area contributed by atoms with Crippen LogP contribution in [0.5, 0.6) is 0 Å². The van der Waals surface area contributed by atoms with Gasteiger partial charge in [0.25, 0.3) is 5.91 Å². The smallest absolute Gasteiger partial charge is 0.271 e. The maximum Gasteiger partial charge on any atom is 0.271 e. The fraction of sp³-hybridized carbons (Fsp3) is 0.429. The zero-order valence-corrected chi connectivity index (χ0v) is 15.5. The second-order valence-corrected chi connectivity index (χ2v) is 7.63. The van der Waals surface area contributed by atoms with Crippen LogP contribution in [0, 0.1) is 5.92 Å². The molecule has 2 aromatic rings. The Hall–Kier alpha value is -2.80. The van der Waals surface area contributed by atoms with Gasteiger partial charge in [-0.25, -0.2) is 4.98 Å². The number of carbonyl (C=O) groups is 2. The number of benzene rings is 1. The number of hydrogen-bond donors (Lipinski definition) is 3. The van der Waals surface area contributed by atoms with Crippen molar-refractivity contribution < 1.29 is 14.7 Å². The van der Waals surface area contributed by atoms with E-state index in [9.17, 15) is 14.7 Å². The van der Waals surface area contributed by atoms with Crippen LogP contribution >= 0.6 is 0 Å². The maximum absolute atomic E-state index is 12.8. The van der Waals surface area contributed by atoms with E-state index in [1.54, 1.807) is 0 Å². The lowest BCUT2D eigenvalue weighted by Crippen LogP contribution is -2.50. The predicted molar refractivity (Wildman–Crippen MR) is 102 cm³/mol. The molecule has 0 spiro atoms. The number of amides is 2. The van der Waals surface area contributed by atoms with E-state index in [4.69, 9.17) is 0 Å². The van der Waals surface area contributed by atoms with Gasteiger partial charge in [0.2, 0.25) is 5.91 Å². The van der Waals surface area contributed by atoms with Crippen LogP contribution in [-0.2, 0) is 17.6 Å². The molecule has 146 valence electrons. The Labute approximate surface area is 163 Å². The molecule has 1 saturated carbocycles. The molecule has 1 aromatic heterocycles. The molecule has 0 unspecified atom stereocenters. The maximum atomic E-state index is 12.8. The third kappa shape index (κ3) is 4.04. The van der Waals surface area contributed by atoms with Gasteiger partial charge >= 0.3 is 0 Å². The van der Waals surface area contributed by atoms with Crippen molar-refractivity contribution >= 4 is 11.8 Å².